The molecule has 20 aromatic rings. The third kappa shape index (κ3) is 12.7. The first kappa shape index (κ1) is 57.1. The molecule has 22 rings (SSSR count). The first-order chi connectivity index (χ1) is 69.3. The van der Waals surface area contributed by atoms with E-state index in [1.54, 1.807) is 29.2 Å². The predicted molar refractivity (Wildman–Crippen MR) is 535 cm³/mol. The number of fused-ring (bicyclic) bond motifs is 13. The van der Waals surface area contributed by atoms with Crippen LogP contribution in [0.1, 0.15) is 134 Å². The van der Waals surface area contributed by atoms with Crippen LogP contribution in [0.15, 0.2) is 382 Å². The molecule has 0 atom stereocenters. The molecular weight excluding hydrogens is 1510 g/mol. The van der Waals surface area contributed by atoms with Crippen LogP contribution in [0.4, 0.5) is 51.2 Å². The summed E-state index contributed by atoms with van der Waals surface area (Å²) in [5, 5.41) is 1.48. The molecule has 3 aromatic heterocycles. The summed E-state index contributed by atoms with van der Waals surface area (Å²) < 4.78 is 208. The van der Waals surface area contributed by atoms with E-state index in [1.165, 1.54) is 9.13 Å². The Hall–Kier alpha value is -14.4. The van der Waals surface area contributed by atoms with Crippen molar-refractivity contribution < 1.29 is 28.8 Å². The van der Waals surface area contributed by atoms with Gasteiger partial charge in [-0.05, 0) is 228 Å². The molecule has 2 aliphatic rings. The summed E-state index contributed by atoms with van der Waals surface area (Å²) in [7, 11) is 0. The van der Waals surface area contributed by atoms with Crippen molar-refractivity contribution in [3.05, 3.63) is 404 Å². The normalized spacial score (nSPS) is 15.3. The molecule has 5 heterocycles. The Bertz CT molecular complexity index is 8670. The molecule has 125 heavy (non-hydrogen) atoms. The van der Waals surface area contributed by atoms with Crippen LogP contribution in [-0.4, -0.2) is 20.4 Å². The number of para-hydroxylation sites is 5. The predicted octanol–water partition coefficient (Wildman–Crippen LogP) is 30.4. The van der Waals surface area contributed by atoms with Gasteiger partial charge in [-0.15, -0.1) is 0 Å². The molecule has 604 valence electrons. The minimum absolute atomic E-state index is 0.122. The van der Waals surface area contributed by atoms with Crippen LogP contribution in [0.2, 0.25) is 0 Å². The Labute approximate surface area is 763 Å². The van der Waals surface area contributed by atoms with Crippen LogP contribution in [0.25, 0.3) is 127 Å². The summed E-state index contributed by atoms with van der Waals surface area (Å²) in [5.74, 6) is 0. The first-order valence-corrected chi connectivity index (χ1v) is 42.5. The molecule has 17 aromatic carbocycles. The van der Waals surface area contributed by atoms with Crippen molar-refractivity contribution in [2.45, 2.75) is 105 Å². The van der Waals surface area contributed by atoms with E-state index in [0.717, 1.165) is 88.6 Å². The SMILES string of the molecule is [2H]c1c([2H])c([2H])c(N(c2ccc(-n3c4c([2H])c([2H])c([2H])c([2H])c4c4c([2H])c([2H])c([2H])c([2H])c43)cc2)c2cc3c4c(c2)N(c2c(-c5ccccc5)cc(C(C)(C)C)cc2-c2ccccc2)c2cc(-n5c6c([2H])c([2H])c([2H])c([2H])c6c6c([2H])c([2H])c([2H])c([2H])c65)ccc2B4c2ccc(-n4c5ccc(C(C)(C)C)cc5c5cc(C(C)(C)C)ccc54)cc2N3c2c(-c3ccccc3)cc(C(C)(C)C)cc2-c2ccccc2)c([2H])c1[2H]. The van der Waals surface area contributed by atoms with Gasteiger partial charge in [0.1, 0.15) is 0 Å². The van der Waals surface area contributed by atoms with Gasteiger partial charge in [0, 0.05) is 106 Å². The van der Waals surface area contributed by atoms with Crippen molar-refractivity contribution in [1.82, 2.24) is 13.7 Å². The molecule has 0 saturated heterocycles. The fourth-order valence-electron chi connectivity index (χ4n) is 18.9. The number of nitrogens with zero attached hydrogens (tertiary/aromatic N) is 6. The van der Waals surface area contributed by atoms with Gasteiger partial charge >= 0.3 is 0 Å². The minimum atomic E-state index is -0.907. The molecule has 0 spiro atoms. The van der Waals surface area contributed by atoms with Crippen molar-refractivity contribution in [3.8, 4) is 61.6 Å². The van der Waals surface area contributed by atoms with Gasteiger partial charge in [-0.3, -0.25) is 0 Å². The van der Waals surface area contributed by atoms with Crippen LogP contribution >= 0.6 is 0 Å². The molecule has 0 radical (unpaired) electrons. The Balaban J connectivity index is 0.976. The van der Waals surface area contributed by atoms with Gasteiger partial charge in [-0.2, -0.15) is 0 Å². The monoisotopic (exact) mass is 1630 g/mol. The highest BCUT2D eigenvalue weighted by Gasteiger charge is 2.47. The number of anilines is 9. The van der Waals surface area contributed by atoms with E-state index < -0.39 is 144 Å². The van der Waals surface area contributed by atoms with Crippen LogP contribution < -0.4 is 31.1 Å². The molecule has 7 heteroatoms. The Kier molecular flexibility index (Phi) is 13.3. The molecule has 0 fully saturated rings. The Morgan fingerprint density at radius 2 is 0.568 bits per heavy atom. The van der Waals surface area contributed by atoms with Gasteiger partial charge in [-0.25, -0.2) is 0 Å². The lowest BCUT2D eigenvalue weighted by Crippen LogP contribution is -2.61. The summed E-state index contributed by atoms with van der Waals surface area (Å²) >= 11 is 0. The summed E-state index contributed by atoms with van der Waals surface area (Å²) in [4.78, 5) is 6.18. The molecular formula is C118H99BN6. The number of rotatable bonds is 12. The van der Waals surface area contributed by atoms with Crippen LogP contribution in [0.5, 0.6) is 0 Å². The molecule has 0 unspecified atom stereocenters. The van der Waals surface area contributed by atoms with E-state index in [1.807, 2.05) is 103 Å². The van der Waals surface area contributed by atoms with E-state index >= 15 is 0 Å². The highest BCUT2D eigenvalue weighted by atomic mass is 15.2. The fourth-order valence-corrected chi connectivity index (χ4v) is 18.9. The van der Waals surface area contributed by atoms with Crippen LogP contribution in [0.3, 0.4) is 0 Å². The molecule has 0 N–H and O–H groups in total. The second kappa shape index (κ2) is 29.1. The van der Waals surface area contributed by atoms with Crippen molar-refractivity contribution in [2.24, 2.45) is 0 Å². The first-order valence-electron chi connectivity index (χ1n) is 53.0. The van der Waals surface area contributed by atoms with Crippen LogP contribution in [0, 0.1) is 0 Å². The zero-order valence-electron chi connectivity index (χ0n) is 92.5. The fraction of sp³-hybridized carbons (Fsp3) is 0.136. The second-order valence-corrected chi connectivity index (χ2v) is 37.0. The van der Waals surface area contributed by atoms with Gasteiger partial charge < -0.3 is 28.4 Å². The lowest BCUT2D eigenvalue weighted by atomic mass is 9.33. The van der Waals surface area contributed by atoms with Gasteiger partial charge in [0.15, 0.2) is 0 Å². The third-order valence-corrected chi connectivity index (χ3v) is 25.2. The van der Waals surface area contributed by atoms with Crippen molar-refractivity contribution in [2.75, 3.05) is 14.7 Å². The number of hydrogen-bond donors (Lipinski definition) is 0. The smallest absolute Gasteiger partial charge is 0.252 e. The third-order valence-electron chi connectivity index (χ3n) is 25.2. The minimum Gasteiger partial charge on any atom is -0.310 e. The van der Waals surface area contributed by atoms with Crippen LogP contribution in [-0.2, 0) is 21.7 Å². The maximum atomic E-state index is 10.6. The second-order valence-electron chi connectivity index (χ2n) is 37.0. The van der Waals surface area contributed by atoms with Gasteiger partial charge in [-0.1, -0.05) is 319 Å². The number of aromatic nitrogens is 3. The van der Waals surface area contributed by atoms with E-state index in [0.29, 0.717) is 56.2 Å². The summed E-state index contributed by atoms with van der Waals surface area (Å²) in [6.45, 7) is 25.5. The quantitative estimate of drug-likeness (QED) is 0.114. The zero-order valence-corrected chi connectivity index (χ0v) is 71.5. The molecule has 2 aliphatic heterocycles. The van der Waals surface area contributed by atoms with Gasteiger partial charge in [0.05, 0.1) is 78.9 Å². The standard InChI is InChI=1S/C118H99BN6/c1-115(2,3)80-54-64-106-98(66-80)99-67-81(116(4,5)6)55-65-107(99)123(106)88-61-63-101-109(73-88)125(114-96(78-40-22-15-23-41-78)70-83(118(10,11)12)71-97(114)79-42-24-16-25-43-79)111-75-89(120(84-44-26-17-27-45-84)85-56-58-86(59-57-85)121-102-50-32-28-46-90(102)91-47-29-33-51-103(91)121)74-110-112(111)119(101)100-62-60-87(122-104-52-34-30-48-92(104)93-49-31-35-53-105(93)122)72-108(100)124(110)113-94(76-36-18-13-19-37-76)68-82(117(7,8)9)69-95(113)77-38-20-14-21-39-77/h13-75H,1-12H3/i17D,26D,27D,28D,29D,30D,31D,32D,33D,34D,35D,44D,45D,46D,47D,48D,49D,50D,51D,52D,53D. The van der Waals surface area contributed by atoms with Crippen molar-refractivity contribution in [1.29, 1.82) is 0 Å². The topological polar surface area (TPSA) is 24.5 Å². The molecule has 0 bridgehead atoms. The summed E-state index contributed by atoms with van der Waals surface area (Å²) in [5.41, 5.74) is 16.8. The zero-order chi connectivity index (χ0) is 103. The van der Waals surface area contributed by atoms with E-state index in [-0.39, 0.29) is 82.9 Å². The van der Waals surface area contributed by atoms with E-state index in [4.69, 9.17) is 2.74 Å². The summed E-state index contributed by atoms with van der Waals surface area (Å²) in [6.07, 6.45) is 0. The molecule has 0 aliphatic carbocycles. The highest BCUT2D eigenvalue weighted by Crippen LogP contribution is 2.57. The molecule has 0 saturated carbocycles. The largest absolute Gasteiger partial charge is 0.310 e. The van der Waals surface area contributed by atoms with Crippen molar-refractivity contribution in [3.63, 3.8) is 0 Å². The lowest BCUT2D eigenvalue weighted by Gasteiger charge is -2.46. The molecule has 6 nitrogen and oxygen atoms in total. The Morgan fingerprint density at radius 3 is 0.920 bits per heavy atom. The van der Waals surface area contributed by atoms with E-state index in [2.05, 4.69) is 225 Å². The lowest BCUT2D eigenvalue weighted by molar-refractivity contribution is 0.590. The number of hydrogen-bond acceptors (Lipinski definition) is 3. The van der Waals surface area contributed by atoms with Gasteiger partial charge in [0.25, 0.3) is 6.71 Å². The van der Waals surface area contributed by atoms with Crippen molar-refractivity contribution >= 4 is 140 Å². The summed E-state index contributed by atoms with van der Waals surface area (Å²) in [6, 6.07) is 73.4. The molecule has 0 amide bonds. The average Bonchev–Trinajstić information content (AvgIpc) is 0.903. The number of benzene rings is 17. The highest BCUT2D eigenvalue weighted by molar-refractivity contribution is 7.00. The van der Waals surface area contributed by atoms with Gasteiger partial charge in [0.2, 0.25) is 0 Å². The van der Waals surface area contributed by atoms with E-state index in [9.17, 15) is 26.0 Å². The maximum Gasteiger partial charge on any atom is 0.252 e. The Morgan fingerprint density at radius 1 is 0.248 bits per heavy atom. The maximum absolute atomic E-state index is 10.6. The average molecular weight is 1630 g/mol.